The molecule has 0 aliphatic heterocycles. The smallest absolute Gasteiger partial charge is 0.226 e. The van der Waals surface area contributed by atoms with Gasteiger partial charge < -0.3 is 14.4 Å². The first-order valence-corrected chi connectivity index (χ1v) is 6.17. The summed E-state index contributed by atoms with van der Waals surface area (Å²) in [7, 11) is 0. The van der Waals surface area contributed by atoms with Gasteiger partial charge in [-0.2, -0.15) is 4.98 Å². The molecule has 0 radical (unpaired) electrons. The van der Waals surface area contributed by atoms with Gasteiger partial charge in [0.25, 0.3) is 0 Å². The summed E-state index contributed by atoms with van der Waals surface area (Å²) < 4.78 is 37.1. The van der Waals surface area contributed by atoms with Crippen molar-refractivity contribution in [3.8, 4) is 5.75 Å². The zero-order valence-electron chi connectivity index (χ0n) is 10.9. The molecule has 5 nitrogen and oxygen atoms in total. The first kappa shape index (κ1) is 14.4. The van der Waals surface area contributed by atoms with Crippen LogP contribution in [0.1, 0.15) is 30.6 Å². The van der Waals surface area contributed by atoms with Crippen molar-refractivity contribution in [3.05, 3.63) is 41.0 Å². The van der Waals surface area contributed by atoms with Crippen LogP contribution in [-0.4, -0.2) is 15.2 Å². The lowest BCUT2D eigenvalue weighted by Crippen LogP contribution is -2.02. The summed E-state index contributed by atoms with van der Waals surface area (Å²) in [4.78, 5) is 4.02. The van der Waals surface area contributed by atoms with E-state index in [1.807, 2.05) is 6.92 Å². The quantitative estimate of drug-likeness (QED) is 0.882. The van der Waals surface area contributed by atoms with Gasteiger partial charge in [0.2, 0.25) is 11.7 Å². The standard InChI is InChI=1S/C13H14F2N2O3/c1-2-3-12-16-11(17-20-12)7-19-13-9(14)4-8(6-18)5-10(13)15/h4-5,18H,2-3,6-7H2,1H3. The molecule has 108 valence electrons. The largest absolute Gasteiger partial charge is 0.479 e. The van der Waals surface area contributed by atoms with E-state index in [0.29, 0.717) is 12.3 Å². The Morgan fingerprint density at radius 1 is 1.30 bits per heavy atom. The summed E-state index contributed by atoms with van der Waals surface area (Å²) in [6, 6.07) is 2.02. The predicted octanol–water partition coefficient (Wildman–Crippen LogP) is 2.37. The maximum atomic E-state index is 13.6. The molecule has 0 unspecified atom stereocenters. The highest BCUT2D eigenvalue weighted by atomic mass is 19.1. The molecule has 2 rings (SSSR count). The van der Waals surface area contributed by atoms with Crippen LogP contribution in [0.5, 0.6) is 5.75 Å². The Labute approximate surface area is 114 Å². The molecular formula is C13H14F2N2O3. The number of ether oxygens (including phenoxy) is 1. The molecule has 1 aromatic carbocycles. The number of aromatic nitrogens is 2. The van der Waals surface area contributed by atoms with Crippen LogP contribution in [0.25, 0.3) is 0 Å². The van der Waals surface area contributed by atoms with Gasteiger partial charge in [-0.15, -0.1) is 0 Å². The Balaban J connectivity index is 2.06. The van der Waals surface area contributed by atoms with Gasteiger partial charge in [-0.25, -0.2) is 8.78 Å². The topological polar surface area (TPSA) is 68.4 Å². The fourth-order valence-electron chi connectivity index (χ4n) is 1.64. The van der Waals surface area contributed by atoms with E-state index in [2.05, 4.69) is 10.1 Å². The number of hydrogen-bond acceptors (Lipinski definition) is 5. The number of aliphatic hydroxyl groups excluding tert-OH is 1. The van der Waals surface area contributed by atoms with Gasteiger partial charge >= 0.3 is 0 Å². The van der Waals surface area contributed by atoms with Crippen LogP contribution in [0.15, 0.2) is 16.7 Å². The second-order valence-corrected chi connectivity index (χ2v) is 4.19. The number of hydrogen-bond donors (Lipinski definition) is 1. The van der Waals surface area contributed by atoms with Gasteiger partial charge in [0, 0.05) is 6.42 Å². The third-order valence-corrected chi connectivity index (χ3v) is 2.56. The second-order valence-electron chi connectivity index (χ2n) is 4.19. The molecule has 0 amide bonds. The summed E-state index contributed by atoms with van der Waals surface area (Å²) in [5, 5.41) is 12.5. The molecule has 0 saturated carbocycles. The Bertz CT molecular complexity index is 564. The van der Waals surface area contributed by atoms with Crippen molar-refractivity contribution in [3.63, 3.8) is 0 Å². The Morgan fingerprint density at radius 2 is 2.00 bits per heavy atom. The summed E-state index contributed by atoms with van der Waals surface area (Å²) in [6.45, 7) is 1.33. The molecule has 0 fully saturated rings. The molecule has 0 saturated heterocycles. The lowest BCUT2D eigenvalue weighted by molar-refractivity contribution is 0.255. The number of rotatable bonds is 6. The molecule has 1 heterocycles. The zero-order valence-corrected chi connectivity index (χ0v) is 10.9. The number of benzene rings is 1. The van der Waals surface area contributed by atoms with Gasteiger partial charge in [-0.3, -0.25) is 0 Å². The first-order valence-electron chi connectivity index (χ1n) is 6.17. The van der Waals surface area contributed by atoms with Crippen LogP contribution in [0, 0.1) is 11.6 Å². The van der Waals surface area contributed by atoms with E-state index >= 15 is 0 Å². The molecule has 0 spiro atoms. The Kier molecular flexibility index (Phi) is 4.62. The van der Waals surface area contributed by atoms with Crippen molar-refractivity contribution in [1.29, 1.82) is 0 Å². The third-order valence-electron chi connectivity index (χ3n) is 2.56. The van der Waals surface area contributed by atoms with Crippen molar-refractivity contribution in [2.24, 2.45) is 0 Å². The normalized spacial score (nSPS) is 10.8. The summed E-state index contributed by atoms with van der Waals surface area (Å²) in [5.41, 5.74) is 0.136. The molecule has 2 aromatic rings. The fourth-order valence-corrected chi connectivity index (χ4v) is 1.64. The predicted molar refractivity (Wildman–Crippen MR) is 64.9 cm³/mol. The number of halogens is 2. The summed E-state index contributed by atoms with van der Waals surface area (Å²) >= 11 is 0. The van der Waals surface area contributed by atoms with E-state index in [4.69, 9.17) is 14.4 Å². The van der Waals surface area contributed by atoms with Crippen LogP contribution >= 0.6 is 0 Å². The van der Waals surface area contributed by atoms with Crippen molar-refractivity contribution in [1.82, 2.24) is 10.1 Å². The van der Waals surface area contributed by atoms with Gasteiger partial charge in [0.05, 0.1) is 6.61 Å². The van der Waals surface area contributed by atoms with Crippen LogP contribution in [-0.2, 0) is 19.6 Å². The summed E-state index contributed by atoms with van der Waals surface area (Å²) in [5.74, 6) is -1.61. The maximum Gasteiger partial charge on any atom is 0.226 e. The van der Waals surface area contributed by atoms with Crippen molar-refractivity contribution in [2.75, 3.05) is 0 Å². The van der Waals surface area contributed by atoms with E-state index in [1.54, 1.807) is 0 Å². The average molecular weight is 284 g/mol. The lowest BCUT2D eigenvalue weighted by atomic mass is 10.2. The van der Waals surface area contributed by atoms with E-state index in [-0.39, 0.29) is 18.0 Å². The molecule has 20 heavy (non-hydrogen) atoms. The van der Waals surface area contributed by atoms with E-state index in [1.165, 1.54) is 0 Å². The Hall–Kier alpha value is -2.02. The highest BCUT2D eigenvalue weighted by Crippen LogP contribution is 2.24. The monoisotopic (exact) mass is 284 g/mol. The maximum absolute atomic E-state index is 13.6. The summed E-state index contributed by atoms with van der Waals surface area (Å²) in [6.07, 6.45) is 1.50. The molecule has 1 aromatic heterocycles. The van der Waals surface area contributed by atoms with Crippen LogP contribution in [0.2, 0.25) is 0 Å². The first-order chi connectivity index (χ1) is 9.63. The highest BCUT2D eigenvalue weighted by molar-refractivity contribution is 5.31. The van der Waals surface area contributed by atoms with Gasteiger partial charge in [0.1, 0.15) is 0 Å². The number of aryl methyl sites for hydroxylation is 1. The van der Waals surface area contributed by atoms with Crippen LogP contribution < -0.4 is 4.74 Å². The minimum absolute atomic E-state index is 0.136. The van der Waals surface area contributed by atoms with Gasteiger partial charge in [-0.1, -0.05) is 12.1 Å². The molecule has 0 aliphatic carbocycles. The third kappa shape index (κ3) is 3.30. The van der Waals surface area contributed by atoms with Crippen molar-refractivity contribution < 1.29 is 23.1 Å². The second kappa shape index (κ2) is 6.42. The Morgan fingerprint density at radius 3 is 2.60 bits per heavy atom. The number of nitrogens with zero attached hydrogens (tertiary/aromatic N) is 2. The van der Waals surface area contributed by atoms with E-state index < -0.39 is 24.0 Å². The van der Waals surface area contributed by atoms with Gasteiger partial charge in [0.15, 0.2) is 24.0 Å². The van der Waals surface area contributed by atoms with Crippen molar-refractivity contribution in [2.45, 2.75) is 33.0 Å². The van der Waals surface area contributed by atoms with E-state index in [0.717, 1.165) is 18.6 Å². The van der Waals surface area contributed by atoms with Crippen molar-refractivity contribution >= 4 is 0 Å². The lowest BCUT2D eigenvalue weighted by Gasteiger charge is -2.07. The molecular weight excluding hydrogens is 270 g/mol. The minimum atomic E-state index is -0.883. The minimum Gasteiger partial charge on any atom is -0.479 e. The SMILES string of the molecule is CCCc1nc(COc2c(F)cc(CO)cc2F)no1. The van der Waals surface area contributed by atoms with Crippen LogP contribution in [0.4, 0.5) is 8.78 Å². The van der Waals surface area contributed by atoms with E-state index in [9.17, 15) is 8.78 Å². The highest BCUT2D eigenvalue weighted by Gasteiger charge is 2.14. The van der Waals surface area contributed by atoms with Crippen LogP contribution in [0.3, 0.4) is 0 Å². The molecule has 0 atom stereocenters. The fraction of sp³-hybridized carbons (Fsp3) is 0.385. The molecule has 7 heteroatoms. The van der Waals surface area contributed by atoms with Gasteiger partial charge in [-0.05, 0) is 24.1 Å². The molecule has 0 bridgehead atoms. The number of aliphatic hydroxyl groups is 1. The molecule has 1 N–H and O–H groups in total. The average Bonchev–Trinajstić information content (AvgIpc) is 2.85. The zero-order chi connectivity index (χ0) is 14.5. The molecule has 0 aliphatic rings.